The predicted octanol–water partition coefficient (Wildman–Crippen LogP) is 7.38. The van der Waals surface area contributed by atoms with Gasteiger partial charge in [-0.3, -0.25) is 9.69 Å². The van der Waals surface area contributed by atoms with Crippen molar-refractivity contribution in [3.05, 3.63) is 82.9 Å². The molecule has 3 nitrogen and oxygen atoms in total. The van der Waals surface area contributed by atoms with Crippen molar-refractivity contribution in [3.63, 3.8) is 0 Å². The van der Waals surface area contributed by atoms with Crippen LogP contribution < -0.4 is 0 Å². The highest BCUT2D eigenvalue weighted by Crippen LogP contribution is 2.43. The van der Waals surface area contributed by atoms with Crippen molar-refractivity contribution in [1.29, 1.82) is 0 Å². The van der Waals surface area contributed by atoms with Gasteiger partial charge in [-0.1, -0.05) is 88.8 Å². The van der Waals surface area contributed by atoms with Crippen molar-refractivity contribution in [2.24, 2.45) is 0 Å². The van der Waals surface area contributed by atoms with E-state index < -0.39 is 3.55 Å². The number of benzene rings is 3. The molecule has 1 amide bonds. The van der Waals surface area contributed by atoms with Gasteiger partial charge in [0.2, 0.25) is 5.91 Å². The maximum absolute atomic E-state index is 13.9. The molecule has 0 N–H and O–H groups in total. The molecule has 3 aromatic rings. The third-order valence-corrected chi connectivity index (χ3v) is 9.67. The summed E-state index contributed by atoms with van der Waals surface area (Å²) in [5.41, 5.74) is 2.22. The number of piperidine rings is 1. The molecule has 0 saturated carbocycles. The highest BCUT2D eigenvalue weighted by Gasteiger charge is 2.41. The van der Waals surface area contributed by atoms with Crippen LogP contribution in [0.1, 0.15) is 37.3 Å². The summed E-state index contributed by atoms with van der Waals surface area (Å²) in [6.07, 6.45) is 2.51. The van der Waals surface area contributed by atoms with Gasteiger partial charge in [0.1, 0.15) is 3.55 Å². The molecule has 33 heavy (non-hydrogen) atoms. The van der Waals surface area contributed by atoms with Crippen LogP contribution in [-0.2, 0) is 13.8 Å². The number of rotatable bonds is 6. The number of fused-ring (bicyclic) bond motifs is 1. The summed E-state index contributed by atoms with van der Waals surface area (Å²) in [7, 11) is 1.93. The topological polar surface area (TPSA) is 23.6 Å². The summed E-state index contributed by atoms with van der Waals surface area (Å²) in [5, 5.41) is 2.92. The van der Waals surface area contributed by atoms with Gasteiger partial charge < -0.3 is 4.90 Å². The summed E-state index contributed by atoms with van der Waals surface area (Å²) in [6.45, 7) is 4.15. The highest BCUT2D eigenvalue weighted by atomic mass is 127. The van der Waals surface area contributed by atoms with Crippen LogP contribution in [0.2, 0.25) is 5.02 Å². The van der Waals surface area contributed by atoms with Crippen molar-refractivity contribution in [3.8, 4) is 0 Å². The normalized spacial score (nSPS) is 18.1. The Labute approximate surface area is 229 Å². The first-order valence-corrected chi connectivity index (χ1v) is 14.2. The van der Waals surface area contributed by atoms with E-state index in [9.17, 15) is 4.79 Å². The molecule has 4 rings (SSSR count). The van der Waals surface area contributed by atoms with Crippen molar-refractivity contribution in [2.45, 2.75) is 35.1 Å². The molecule has 1 unspecified atom stereocenters. The largest absolute Gasteiger partial charge is 0.327 e. The first kappa shape index (κ1) is 25.2. The zero-order valence-electron chi connectivity index (χ0n) is 19.0. The smallest absolute Gasteiger partial charge is 0.224 e. The standard InChI is InChI=1S/C27H29ClI2N2O/c1-26(30,24-17-22(28)16-20-8-6-7-11-23(20)24)31(2)25(33)18-27(21-9-4-3-5-10-21)12-14-32(19-29)15-13-27/h3-11,16-17H,12-15,18-19H2,1-2H3. The first-order chi connectivity index (χ1) is 15.8. The minimum absolute atomic E-state index is 0.127. The average molecular weight is 687 g/mol. The Bertz CT molecular complexity index is 1130. The maximum Gasteiger partial charge on any atom is 0.224 e. The first-order valence-electron chi connectivity index (χ1n) is 11.2. The molecule has 1 heterocycles. The molecular formula is C27H29ClI2N2O. The monoisotopic (exact) mass is 686 g/mol. The summed E-state index contributed by atoms with van der Waals surface area (Å²) in [4.78, 5) is 18.2. The summed E-state index contributed by atoms with van der Waals surface area (Å²) >= 11 is 11.3. The third kappa shape index (κ3) is 5.21. The molecule has 3 aromatic carbocycles. The Kier molecular flexibility index (Phi) is 7.93. The Morgan fingerprint density at radius 2 is 1.73 bits per heavy atom. The molecule has 0 spiro atoms. The van der Waals surface area contributed by atoms with E-state index in [0.29, 0.717) is 11.4 Å². The van der Waals surface area contributed by atoms with Gasteiger partial charge in [-0.25, -0.2) is 0 Å². The summed E-state index contributed by atoms with van der Waals surface area (Å²) in [5.74, 6) is 0.169. The van der Waals surface area contributed by atoms with Gasteiger partial charge in [-0.05, 0) is 89.5 Å². The quantitative estimate of drug-likeness (QED) is 0.154. The van der Waals surface area contributed by atoms with Gasteiger partial charge in [0, 0.05) is 23.9 Å². The molecule has 1 atom stereocenters. The Morgan fingerprint density at radius 3 is 2.39 bits per heavy atom. The van der Waals surface area contributed by atoms with Crippen LogP contribution in [0.25, 0.3) is 10.8 Å². The lowest BCUT2D eigenvalue weighted by Gasteiger charge is -2.43. The number of hydrogen-bond donors (Lipinski definition) is 0. The second-order valence-electron chi connectivity index (χ2n) is 9.14. The van der Waals surface area contributed by atoms with E-state index in [4.69, 9.17) is 11.6 Å². The van der Waals surface area contributed by atoms with Crippen LogP contribution in [0.15, 0.2) is 66.7 Å². The van der Waals surface area contributed by atoms with Gasteiger partial charge in [0.25, 0.3) is 0 Å². The Hall–Kier alpha value is -0.900. The second kappa shape index (κ2) is 10.4. The van der Waals surface area contributed by atoms with Crippen LogP contribution in [0.3, 0.4) is 0 Å². The van der Waals surface area contributed by atoms with Crippen molar-refractivity contribution < 1.29 is 4.79 Å². The number of hydrogen-bond acceptors (Lipinski definition) is 2. The van der Waals surface area contributed by atoms with Crippen LogP contribution in [0.4, 0.5) is 0 Å². The number of halogens is 3. The van der Waals surface area contributed by atoms with Crippen molar-refractivity contribution in [1.82, 2.24) is 9.80 Å². The van der Waals surface area contributed by atoms with E-state index in [2.05, 4.69) is 99.5 Å². The number of carbonyl (C=O) groups is 1. The lowest BCUT2D eigenvalue weighted by molar-refractivity contribution is -0.134. The lowest BCUT2D eigenvalue weighted by Crippen LogP contribution is -2.47. The van der Waals surface area contributed by atoms with Gasteiger partial charge in [0.05, 0.1) is 4.55 Å². The zero-order valence-corrected chi connectivity index (χ0v) is 24.1. The minimum atomic E-state index is -0.528. The fourth-order valence-corrected chi connectivity index (χ4v) is 6.56. The summed E-state index contributed by atoms with van der Waals surface area (Å²) < 4.78 is 0.504. The second-order valence-corrected chi connectivity index (χ2v) is 12.4. The van der Waals surface area contributed by atoms with Gasteiger partial charge >= 0.3 is 0 Å². The van der Waals surface area contributed by atoms with E-state index in [-0.39, 0.29) is 11.3 Å². The van der Waals surface area contributed by atoms with Crippen LogP contribution in [0, 0.1) is 0 Å². The van der Waals surface area contributed by atoms with E-state index >= 15 is 0 Å². The molecular weight excluding hydrogens is 658 g/mol. The fraction of sp³-hybridized carbons (Fsp3) is 0.370. The molecule has 6 heteroatoms. The number of nitrogens with zero attached hydrogens (tertiary/aromatic N) is 2. The zero-order chi connectivity index (χ0) is 23.6. The van der Waals surface area contributed by atoms with E-state index in [0.717, 1.165) is 46.8 Å². The highest BCUT2D eigenvalue weighted by molar-refractivity contribution is 14.1. The molecule has 0 radical (unpaired) electrons. The maximum atomic E-state index is 13.9. The van der Waals surface area contributed by atoms with Crippen LogP contribution in [0.5, 0.6) is 0 Å². The van der Waals surface area contributed by atoms with Gasteiger partial charge in [-0.2, -0.15) is 0 Å². The van der Waals surface area contributed by atoms with Gasteiger partial charge in [0.15, 0.2) is 0 Å². The summed E-state index contributed by atoms with van der Waals surface area (Å²) in [6, 6.07) is 22.9. The van der Waals surface area contributed by atoms with Gasteiger partial charge in [-0.15, -0.1) is 0 Å². The molecule has 1 aliphatic heterocycles. The number of alkyl halides is 2. The molecule has 0 aromatic heterocycles. The molecule has 1 fully saturated rings. The molecule has 0 bridgehead atoms. The van der Waals surface area contributed by atoms with E-state index in [1.165, 1.54) is 5.56 Å². The lowest BCUT2D eigenvalue weighted by atomic mass is 9.70. The molecule has 1 saturated heterocycles. The number of carbonyl (C=O) groups excluding carboxylic acids is 1. The van der Waals surface area contributed by atoms with Crippen molar-refractivity contribution >= 4 is 73.5 Å². The van der Waals surface area contributed by atoms with Crippen LogP contribution >= 0.6 is 56.8 Å². The van der Waals surface area contributed by atoms with E-state index in [1.807, 2.05) is 36.2 Å². The fourth-order valence-electron chi connectivity index (χ4n) is 4.93. The Morgan fingerprint density at radius 1 is 1.09 bits per heavy atom. The minimum Gasteiger partial charge on any atom is -0.327 e. The van der Waals surface area contributed by atoms with Crippen molar-refractivity contribution in [2.75, 3.05) is 24.7 Å². The molecule has 1 aliphatic rings. The molecule has 174 valence electrons. The Balaban J connectivity index is 1.65. The SMILES string of the molecule is CN(C(=O)CC1(c2ccccc2)CCN(CI)CC1)C(C)(I)c1cc(Cl)cc2ccccc12. The predicted molar refractivity (Wildman–Crippen MR) is 156 cm³/mol. The van der Waals surface area contributed by atoms with Crippen LogP contribution in [-0.4, -0.2) is 40.4 Å². The number of amides is 1. The van der Waals surface area contributed by atoms with E-state index in [1.54, 1.807) is 0 Å². The molecule has 0 aliphatic carbocycles. The number of likely N-dealkylation sites (tertiary alicyclic amines) is 1. The average Bonchev–Trinajstić information content (AvgIpc) is 2.83. The third-order valence-electron chi connectivity index (χ3n) is 7.18.